The lowest BCUT2D eigenvalue weighted by Gasteiger charge is -2.45. The Morgan fingerprint density at radius 1 is 0.735 bits per heavy atom. The summed E-state index contributed by atoms with van der Waals surface area (Å²) < 4.78 is 40.2. The summed E-state index contributed by atoms with van der Waals surface area (Å²) in [6, 6.07) is 16.8. The number of nitrogens with zero attached hydrogens (tertiary/aromatic N) is 8. The number of amides is 1. The fourth-order valence-electron chi connectivity index (χ4n) is 9.20. The molecule has 2 aromatic heterocycles. The number of piperidine rings is 2. The summed E-state index contributed by atoms with van der Waals surface area (Å²) in [6.45, 7) is 3.52. The molecular weight excluding hydrogens is 920 g/mol. The molecule has 20 heteroatoms. The number of carboxylic acids is 1. The van der Waals surface area contributed by atoms with Crippen molar-refractivity contribution >= 4 is 79.9 Å². The molecule has 0 spiro atoms. The average Bonchev–Trinajstić information content (AvgIpc) is 3.31. The predicted molar refractivity (Wildman–Crippen MR) is 260 cm³/mol. The average molecular weight is 975 g/mol. The molecule has 6 aromatic rings. The number of aliphatic carboxylic acids is 1. The number of hydrogen-bond acceptors (Lipinski definition) is 14. The summed E-state index contributed by atoms with van der Waals surface area (Å²) in [7, 11) is 10.8. The van der Waals surface area contributed by atoms with Crippen LogP contribution < -0.4 is 25.8 Å². The van der Waals surface area contributed by atoms with Crippen LogP contribution in [0.1, 0.15) is 36.8 Å². The normalized spacial score (nSPS) is 18.9. The molecule has 2 fully saturated rings. The quantitative estimate of drug-likeness (QED) is 0.0831. The van der Waals surface area contributed by atoms with Crippen molar-refractivity contribution in [3.63, 3.8) is 0 Å². The maximum atomic E-state index is 14.5. The van der Waals surface area contributed by atoms with E-state index in [4.69, 9.17) is 38.4 Å². The first-order valence-corrected chi connectivity index (χ1v) is 22.6. The summed E-state index contributed by atoms with van der Waals surface area (Å²) in [5, 5.41) is 17.5. The third-order valence-electron chi connectivity index (χ3n) is 12.9. The Hall–Kier alpha value is -6.02. The molecule has 0 saturated carbocycles. The van der Waals surface area contributed by atoms with Gasteiger partial charge in [0.1, 0.15) is 46.9 Å². The minimum Gasteiger partial charge on any atom is -0.496 e. The number of likely N-dealkylation sites (tertiary alicyclic amines) is 2. The number of halogens is 4. The lowest BCUT2D eigenvalue weighted by atomic mass is 9.86. The molecule has 360 valence electrons. The number of rotatable bonds is 14. The zero-order chi connectivity index (χ0) is 48.9. The highest BCUT2D eigenvalue weighted by atomic mass is 35.5. The molecule has 0 radical (unpaired) electrons. The molecule has 2 saturated heterocycles. The third kappa shape index (κ3) is 10.4. The summed E-state index contributed by atoms with van der Waals surface area (Å²) in [4.78, 5) is 50.3. The molecule has 1 amide bonds. The number of likely N-dealkylation sites (N-methyl/N-ethyl adjacent to an activating group) is 4. The van der Waals surface area contributed by atoms with Crippen molar-refractivity contribution in [1.29, 1.82) is 0 Å². The van der Waals surface area contributed by atoms with Crippen LogP contribution in [0.2, 0.25) is 10.0 Å². The van der Waals surface area contributed by atoms with E-state index < -0.39 is 28.7 Å². The van der Waals surface area contributed by atoms with Crippen molar-refractivity contribution in [1.82, 2.24) is 39.5 Å². The fourth-order valence-corrected chi connectivity index (χ4v) is 9.54. The highest BCUT2D eigenvalue weighted by Crippen LogP contribution is 2.37. The molecule has 2 aliphatic heterocycles. The van der Waals surface area contributed by atoms with Crippen LogP contribution in [-0.2, 0) is 22.7 Å². The SMILES string of the molecule is COc1cc2ncnc(Nc3cccc(Cl)c3F)c2cc1CN(C)C1(C(=O)O)CCCN(C)C1.COc1cc2ncnc(Nc3cccc(Cl)c3F)c2cc1CN(C)C1(C(N)=O)CCCN(C)C1. The van der Waals surface area contributed by atoms with Gasteiger partial charge in [-0.1, -0.05) is 35.3 Å². The van der Waals surface area contributed by atoms with Crippen molar-refractivity contribution < 1.29 is 33.0 Å². The van der Waals surface area contributed by atoms with E-state index in [2.05, 4.69) is 35.5 Å². The molecular formula is C48H55Cl2F2N11O5. The van der Waals surface area contributed by atoms with Crippen LogP contribution in [0.5, 0.6) is 11.5 Å². The number of nitrogens with two attached hydrogens (primary N) is 1. The summed E-state index contributed by atoms with van der Waals surface area (Å²) >= 11 is 11.9. The molecule has 4 heterocycles. The van der Waals surface area contributed by atoms with Crippen molar-refractivity contribution in [2.75, 3.05) is 79.2 Å². The number of benzene rings is 4. The second-order valence-corrected chi connectivity index (χ2v) is 18.2. The summed E-state index contributed by atoms with van der Waals surface area (Å²) in [5.74, 6) is -0.276. The third-order valence-corrected chi connectivity index (χ3v) is 13.5. The van der Waals surface area contributed by atoms with E-state index in [1.807, 2.05) is 61.1 Å². The molecule has 2 unspecified atom stereocenters. The van der Waals surface area contributed by atoms with Crippen LogP contribution in [0.25, 0.3) is 21.8 Å². The number of fused-ring (bicyclic) bond motifs is 2. The number of carboxylic acid groups (broad SMARTS) is 1. The maximum Gasteiger partial charge on any atom is 0.325 e. The van der Waals surface area contributed by atoms with E-state index in [9.17, 15) is 23.5 Å². The molecule has 0 bridgehead atoms. The lowest BCUT2D eigenvalue weighted by Crippen LogP contribution is -2.63. The van der Waals surface area contributed by atoms with Crippen molar-refractivity contribution in [3.05, 3.63) is 106 Å². The van der Waals surface area contributed by atoms with Crippen LogP contribution in [-0.4, -0.2) is 136 Å². The maximum absolute atomic E-state index is 14.5. The van der Waals surface area contributed by atoms with Gasteiger partial charge in [-0.05, 0) is 103 Å². The van der Waals surface area contributed by atoms with Gasteiger partial charge in [0.05, 0.1) is 46.7 Å². The molecule has 8 rings (SSSR count). The zero-order valence-corrected chi connectivity index (χ0v) is 40.3. The van der Waals surface area contributed by atoms with Crippen molar-refractivity contribution in [3.8, 4) is 11.5 Å². The second kappa shape index (κ2) is 21.1. The van der Waals surface area contributed by atoms with E-state index in [-0.39, 0.29) is 27.3 Å². The van der Waals surface area contributed by atoms with E-state index in [0.29, 0.717) is 84.0 Å². The Bertz CT molecular complexity index is 2640. The Morgan fingerprint density at radius 3 is 1.57 bits per heavy atom. The van der Waals surface area contributed by atoms with Gasteiger partial charge in [-0.2, -0.15) is 0 Å². The van der Waals surface area contributed by atoms with E-state index in [0.717, 1.165) is 37.1 Å². The number of nitrogens with one attached hydrogen (secondary N) is 2. The van der Waals surface area contributed by atoms with Crippen LogP contribution in [0.3, 0.4) is 0 Å². The monoisotopic (exact) mass is 973 g/mol. The Kier molecular flexibility index (Phi) is 15.5. The van der Waals surface area contributed by atoms with Gasteiger partial charge < -0.3 is 40.7 Å². The van der Waals surface area contributed by atoms with Gasteiger partial charge in [0.2, 0.25) is 5.91 Å². The number of ether oxygens (including phenoxy) is 2. The number of carbonyl (C=O) groups is 2. The van der Waals surface area contributed by atoms with Gasteiger partial charge in [-0.3, -0.25) is 19.4 Å². The number of primary amides is 1. The number of aromatic nitrogens is 4. The zero-order valence-electron chi connectivity index (χ0n) is 38.7. The highest BCUT2D eigenvalue weighted by molar-refractivity contribution is 6.31. The van der Waals surface area contributed by atoms with Crippen molar-refractivity contribution in [2.45, 2.75) is 49.9 Å². The fraction of sp³-hybridized carbons (Fsp3) is 0.375. The first-order valence-electron chi connectivity index (χ1n) is 21.9. The van der Waals surface area contributed by atoms with E-state index >= 15 is 0 Å². The molecule has 68 heavy (non-hydrogen) atoms. The van der Waals surface area contributed by atoms with Crippen LogP contribution in [0, 0.1) is 11.6 Å². The molecule has 0 aliphatic carbocycles. The van der Waals surface area contributed by atoms with Gasteiger partial charge in [0, 0.05) is 60.2 Å². The number of anilines is 4. The predicted octanol–water partition coefficient (Wildman–Crippen LogP) is 7.71. The van der Waals surface area contributed by atoms with Gasteiger partial charge >= 0.3 is 5.97 Å². The Morgan fingerprint density at radius 2 is 1.16 bits per heavy atom. The second-order valence-electron chi connectivity index (χ2n) is 17.4. The van der Waals surface area contributed by atoms with Crippen LogP contribution in [0.4, 0.5) is 31.8 Å². The summed E-state index contributed by atoms with van der Waals surface area (Å²) in [6.07, 6.45) is 5.71. The standard InChI is InChI=1S/C24H28ClFN6O2.C24H27ClFN5O3/c1-31-9-5-8-24(13-31,23(27)33)32(2)12-15-10-16-19(11-20(15)34-3)28-14-29-22(16)30-18-7-4-6-17(25)21(18)26;1-30-9-5-8-24(13-30,23(32)33)31(2)12-15-10-16-19(11-20(15)34-3)27-14-28-22(16)29-18-7-4-6-17(25)21(18)26/h4,6-7,10-11,14H,5,8-9,12-13H2,1-3H3,(H2,27,33)(H,28,29,30);4,6-7,10-11,14H,5,8-9,12-13H2,1-3H3,(H,32,33)(H,27,28,29). The molecule has 16 nitrogen and oxygen atoms in total. The number of hydrogen-bond donors (Lipinski definition) is 4. The van der Waals surface area contributed by atoms with Crippen LogP contribution in [0.15, 0.2) is 73.3 Å². The lowest BCUT2D eigenvalue weighted by molar-refractivity contribution is -0.155. The Labute approximate surface area is 403 Å². The molecule has 4 aromatic carbocycles. The van der Waals surface area contributed by atoms with Gasteiger partial charge in [-0.25, -0.2) is 28.7 Å². The molecule has 5 N–H and O–H groups in total. The minimum atomic E-state index is -1.01. The van der Waals surface area contributed by atoms with Crippen LogP contribution >= 0.6 is 23.2 Å². The summed E-state index contributed by atoms with van der Waals surface area (Å²) in [5.41, 5.74) is 7.34. The molecule has 2 atom stereocenters. The largest absolute Gasteiger partial charge is 0.496 e. The number of methoxy groups -OCH3 is 2. The first-order chi connectivity index (χ1) is 32.5. The van der Waals surface area contributed by atoms with E-state index in [1.165, 1.54) is 24.8 Å². The van der Waals surface area contributed by atoms with Gasteiger partial charge in [-0.15, -0.1) is 0 Å². The van der Waals surface area contributed by atoms with Crippen molar-refractivity contribution in [2.24, 2.45) is 5.73 Å². The molecule has 2 aliphatic rings. The number of carbonyl (C=O) groups excluding carboxylic acids is 1. The Balaban J connectivity index is 0.000000201. The smallest absolute Gasteiger partial charge is 0.325 e. The highest BCUT2D eigenvalue weighted by Gasteiger charge is 2.46. The van der Waals surface area contributed by atoms with E-state index in [1.54, 1.807) is 44.6 Å². The first kappa shape index (κ1) is 49.9. The van der Waals surface area contributed by atoms with Gasteiger partial charge in [0.15, 0.2) is 11.6 Å². The topological polar surface area (TPSA) is 187 Å². The van der Waals surface area contributed by atoms with Gasteiger partial charge in [0.25, 0.3) is 0 Å². The minimum absolute atomic E-state index is 0.00348.